The molecule has 0 N–H and O–H groups in total. The molecular formula is C22H25ClN4O3S. The molecule has 1 heterocycles. The van der Waals surface area contributed by atoms with Gasteiger partial charge in [-0.2, -0.15) is 0 Å². The first kappa shape index (κ1) is 23.0. The van der Waals surface area contributed by atoms with E-state index in [2.05, 4.69) is 10.2 Å². The van der Waals surface area contributed by atoms with E-state index in [1.807, 2.05) is 61.0 Å². The summed E-state index contributed by atoms with van der Waals surface area (Å²) >= 11 is 7.33. The van der Waals surface area contributed by atoms with Crippen LogP contribution in [0.4, 0.5) is 0 Å². The summed E-state index contributed by atoms with van der Waals surface area (Å²) in [5.74, 6) is 2.33. The van der Waals surface area contributed by atoms with Gasteiger partial charge in [0.05, 0.1) is 20.0 Å². The van der Waals surface area contributed by atoms with Crippen molar-refractivity contribution >= 4 is 29.3 Å². The molecule has 0 atom stereocenters. The quantitative estimate of drug-likeness (QED) is 0.443. The number of amides is 1. The maximum Gasteiger partial charge on any atom is 0.233 e. The maximum atomic E-state index is 12.8. The number of methoxy groups -OCH3 is 2. The smallest absolute Gasteiger partial charge is 0.233 e. The molecule has 0 unspecified atom stereocenters. The van der Waals surface area contributed by atoms with Crippen molar-refractivity contribution in [2.24, 2.45) is 7.05 Å². The molecule has 2 aromatic carbocycles. The lowest BCUT2D eigenvalue weighted by Gasteiger charge is -2.21. The van der Waals surface area contributed by atoms with Crippen LogP contribution in [0.5, 0.6) is 11.5 Å². The van der Waals surface area contributed by atoms with Gasteiger partial charge in [0.15, 0.2) is 22.5 Å². The highest BCUT2D eigenvalue weighted by Gasteiger charge is 2.17. The van der Waals surface area contributed by atoms with Gasteiger partial charge in [0, 0.05) is 30.7 Å². The van der Waals surface area contributed by atoms with E-state index in [1.54, 1.807) is 19.1 Å². The van der Waals surface area contributed by atoms with Gasteiger partial charge in [-0.25, -0.2) is 0 Å². The Bertz CT molecular complexity index is 1040. The molecule has 0 aliphatic rings. The highest BCUT2D eigenvalue weighted by atomic mass is 35.5. The predicted molar refractivity (Wildman–Crippen MR) is 123 cm³/mol. The highest BCUT2D eigenvalue weighted by Crippen LogP contribution is 2.28. The van der Waals surface area contributed by atoms with Crippen LogP contribution in [0.2, 0.25) is 5.02 Å². The molecular weight excluding hydrogens is 436 g/mol. The first-order valence-electron chi connectivity index (χ1n) is 9.73. The number of ether oxygens (including phenoxy) is 2. The molecule has 3 aromatic rings. The molecule has 1 aromatic heterocycles. The number of benzene rings is 2. The van der Waals surface area contributed by atoms with Gasteiger partial charge in [0.1, 0.15) is 0 Å². The van der Waals surface area contributed by atoms with Crippen LogP contribution >= 0.6 is 23.4 Å². The molecule has 3 rings (SSSR count). The summed E-state index contributed by atoms with van der Waals surface area (Å²) in [6.45, 7) is 3.05. The van der Waals surface area contributed by atoms with Gasteiger partial charge in [-0.3, -0.25) is 4.79 Å². The molecule has 0 aliphatic heterocycles. The number of carbonyl (C=O) groups excluding carboxylic acids is 1. The van der Waals surface area contributed by atoms with E-state index in [0.29, 0.717) is 34.8 Å². The zero-order valence-electron chi connectivity index (χ0n) is 18.0. The summed E-state index contributed by atoms with van der Waals surface area (Å²) in [4.78, 5) is 14.6. The van der Waals surface area contributed by atoms with Gasteiger partial charge in [-0.1, -0.05) is 29.4 Å². The Labute approximate surface area is 191 Å². The summed E-state index contributed by atoms with van der Waals surface area (Å²) in [6.07, 6.45) is 0. The number of thioether (sulfide) groups is 1. The van der Waals surface area contributed by atoms with E-state index in [1.165, 1.54) is 11.8 Å². The Morgan fingerprint density at radius 3 is 2.45 bits per heavy atom. The largest absolute Gasteiger partial charge is 0.493 e. The molecule has 9 heteroatoms. The number of carbonyl (C=O) groups is 1. The number of aromatic nitrogens is 3. The van der Waals surface area contributed by atoms with Crippen molar-refractivity contribution in [2.75, 3.05) is 26.5 Å². The predicted octanol–water partition coefficient (Wildman–Crippen LogP) is 4.29. The molecule has 0 radical (unpaired) electrons. The number of rotatable bonds is 9. The molecule has 0 fully saturated rings. The van der Waals surface area contributed by atoms with Crippen LogP contribution in [-0.2, 0) is 18.4 Å². The summed E-state index contributed by atoms with van der Waals surface area (Å²) in [5.41, 5.74) is 1.89. The minimum absolute atomic E-state index is 0.0262. The molecule has 0 saturated heterocycles. The first-order valence-corrected chi connectivity index (χ1v) is 11.1. The van der Waals surface area contributed by atoms with Crippen LogP contribution < -0.4 is 9.47 Å². The van der Waals surface area contributed by atoms with Gasteiger partial charge >= 0.3 is 0 Å². The van der Waals surface area contributed by atoms with Crippen LogP contribution in [0.1, 0.15) is 12.5 Å². The Hall–Kier alpha value is -2.71. The number of halogens is 1. The fourth-order valence-corrected chi connectivity index (χ4v) is 4.02. The molecule has 0 spiro atoms. The molecule has 164 valence electrons. The van der Waals surface area contributed by atoms with Gasteiger partial charge < -0.3 is 18.9 Å². The minimum Gasteiger partial charge on any atom is -0.493 e. The second-order valence-corrected chi connectivity index (χ2v) is 8.14. The van der Waals surface area contributed by atoms with Crippen molar-refractivity contribution in [1.29, 1.82) is 0 Å². The van der Waals surface area contributed by atoms with Crippen molar-refractivity contribution < 1.29 is 14.3 Å². The molecule has 0 bridgehead atoms. The van der Waals surface area contributed by atoms with Crippen LogP contribution in [-0.4, -0.2) is 52.1 Å². The Balaban J connectivity index is 1.65. The van der Waals surface area contributed by atoms with E-state index in [9.17, 15) is 4.79 Å². The van der Waals surface area contributed by atoms with Gasteiger partial charge in [-0.15, -0.1) is 10.2 Å². The SMILES string of the molecule is CCN(Cc1ccc(OC)c(OC)c1)C(=O)CSc1nnc(-c2ccc(Cl)cc2)n1C. The molecule has 0 aliphatic carbocycles. The van der Waals surface area contributed by atoms with Gasteiger partial charge in [0.25, 0.3) is 0 Å². The van der Waals surface area contributed by atoms with Crippen molar-refractivity contribution in [2.45, 2.75) is 18.6 Å². The molecule has 0 saturated carbocycles. The third kappa shape index (κ3) is 5.51. The monoisotopic (exact) mass is 460 g/mol. The van der Waals surface area contributed by atoms with Crippen molar-refractivity contribution in [1.82, 2.24) is 19.7 Å². The summed E-state index contributed by atoms with van der Waals surface area (Å²) < 4.78 is 12.5. The second kappa shape index (κ2) is 10.5. The fourth-order valence-electron chi connectivity index (χ4n) is 3.08. The number of hydrogen-bond acceptors (Lipinski definition) is 6. The van der Waals surface area contributed by atoms with E-state index in [0.717, 1.165) is 17.0 Å². The lowest BCUT2D eigenvalue weighted by molar-refractivity contribution is -0.128. The van der Waals surface area contributed by atoms with Crippen LogP contribution in [0.25, 0.3) is 11.4 Å². The fraction of sp³-hybridized carbons (Fsp3) is 0.318. The first-order chi connectivity index (χ1) is 15.0. The molecule has 31 heavy (non-hydrogen) atoms. The van der Waals surface area contributed by atoms with E-state index in [-0.39, 0.29) is 11.7 Å². The Morgan fingerprint density at radius 1 is 1.10 bits per heavy atom. The van der Waals surface area contributed by atoms with Crippen molar-refractivity contribution in [3.05, 3.63) is 53.1 Å². The lowest BCUT2D eigenvalue weighted by atomic mass is 10.2. The zero-order valence-corrected chi connectivity index (χ0v) is 19.5. The topological polar surface area (TPSA) is 69.5 Å². The van der Waals surface area contributed by atoms with E-state index >= 15 is 0 Å². The van der Waals surface area contributed by atoms with Crippen molar-refractivity contribution in [3.63, 3.8) is 0 Å². The minimum atomic E-state index is 0.0262. The summed E-state index contributed by atoms with van der Waals surface area (Å²) in [7, 11) is 5.08. The Kier molecular flexibility index (Phi) is 7.81. The average Bonchev–Trinajstić information content (AvgIpc) is 3.16. The highest BCUT2D eigenvalue weighted by molar-refractivity contribution is 7.99. The van der Waals surface area contributed by atoms with Gasteiger partial charge in [-0.05, 0) is 48.9 Å². The summed E-state index contributed by atoms with van der Waals surface area (Å²) in [6, 6.07) is 13.1. The maximum absolute atomic E-state index is 12.8. The van der Waals surface area contributed by atoms with Crippen LogP contribution in [0.15, 0.2) is 47.6 Å². The normalized spacial score (nSPS) is 10.7. The molecule has 7 nitrogen and oxygen atoms in total. The van der Waals surface area contributed by atoms with E-state index in [4.69, 9.17) is 21.1 Å². The average molecular weight is 461 g/mol. The second-order valence-electron chi connectivity index (χ2n) is 6.76. The van der Waals surface area contributed by atoms with Gasteiger partial charge in [0.2, 0.25) is 5.91 Å². The standard InChI is InChI=1S/C22H25ClN4O3S/c1-5-27(13-15-6-11-18(29-3)19(12-15)30-4)20(28)14-31-22-25-24-21(26(22)2)16-7-9-17(23)10-8-16/h6-12H,5,13-14H2,1-4H3. The third-order valence-corrected chi connectivity index (χ3v) is 6.07. The van der Waals surface area contributed by atoms with Crippen molar-refractivity contribution in [3.8, 4) is 22.9 Å². The third-order valence-electron chi connectivity index (χ3n) is 4.82. The lowest BCUT2D eigenvalue weighted by Crippen LogP contribution is -2.31. The zero-order chi connectivity index (χ0) is 22.4. The van der Waals surface area contributed by atoms with Crippen LogP contribution in [0, 0.1) is 0 Å². The summed E-state index contributed by atoms with van der Waals surface area (Å²) in [5, 5.41) is 9.85. The van der Waals surface area contributed by atoms with Crippen LogP contribution in [0.3, 0.4) is 0 Å². The van der Waals surface area contributed by atoms with E-state index < -0.39 is 0 Å². The Morgan fingerprint density at radius 2 is 1.81 bits per heavy atom. The number of hydrogen-bond donors (Lipinski definition) is 0. The molecule has 1 amide bonds. The number of nitrogens with zero attached hydrogens (tertiary/aromatic N) is 4.